The molecular formula is C18H22ClNO2. The number of hydrogen-bond acceptors (Lipinski definition) is 3. The Labute approximate surface area is 136 Å². The summed E-state index contributed by atoms with van der Waals surface area (Å²) in [5, 5.41) is 14.0. The van der Waals surface area contributed by atoms with Crippen LogP contribution in [0.5, 0.6) is 5.75 Å². The number of aliphatic hydroxyl groups is 1. The lowest BCUT2D eigenvalue weighted by atomic mass is 10.1. The van der Waals surface area contributed by atoms with E-state index in [1.54, 1.807) is 6.07 Å². The lowest BCUT2D eigenvalue weighted by molar-refractivity contribution is 0.104. The second-order valence-electron chi connectivity index (χ2n) is 5.42. The summed E-state index contributed by atoms with van der Waals surface area (Å²) in [5.41, 5.74) is 2.16. The summed E-state index contributed by atoms with van der Waals surface area (Å²) in [7, 11) is 0. The van der Waals surface area contributed by atoms with Crippen LogP contribution in [0.2, 0.25) is 5.02 Å². The highest BCUT2D eigenvalue weighted by molar-refractivity contribution is 6.31. The molecule has 2 aromatic rings. The molecule has 0 saturated carbocycles. The lowest BCUT2D eigenvalue weighted by Gasteiger charge is -2.18. The Morgan fingerprint density at radius 1 is 1.18 bits per heavy atom. The van der Waals surface area contributed by atoms with Crippen molar-refractivity contribution in [2.75, 3.05) is 13.2 Å². The number of halogens is 1. The molecule has 2 atom stereocenters. The first-order chi connectivity index (χ1) is 10.6. The van der Waals surface area contributed by atoms with Crippen LogP contribution in [-0.2, 0) is 0 Å². The number of aliphatic hydroxyl groups excluding tert-OH is 1. The SMILES string of the molecule is Cc1cc(OC[C@@H](O)CN[C@H](C)c2ccccc2)ccc1Cl. The van der Waals surface area contributed by atoms with Gasteiger partial charge in [-0.3, -0.25) is 0 Å². The Morgan fingerprint density at radius 3 is 2.59 bits per heavy atom. The molecule has 0 fully saturated rings. The molecule has 0 aliphatic heterocycles. The third kappa shape index (κ3) is 5.02. The average Bonchev–Trinajstić information content (AvgIpc) is 2.54. The van der Waals surface area contributed by atoms with E-state index in [2.05, 4.69) is 24.4 Å². The largest absolute Gasteiger partial charge is 0.491 e. The van der Waals surface area contributed by atoms with Crippen molar-refractivity contribution in [3.8, 4) is 5.75 Å². The van der Waals surface area contributed by atoms with Crippen LogP contribution < -0.4 is 10.1 Å². The highest BCUT2D eigenvalue weighted by Crippen LogP contribution is 2.21. The molecule has 2 rings (SSSR count). The van der Waals surface area contributed by atoms with Gasteiger partial charge in [0.25, 0.3) is 0 Å². The molecule has 118 valence electrons. The van der Waals surface area contributed by atoms with Crippen LogP contribution in [0.1, 0.15) is 24.1 Å². The minimum absolute atomic E-state index is 0.189. The van der Waals surface area contributed by atoms with E-state index < -0.39 is 6.10 Å². The van der Waals surface area contributed by atoms with Crippen LogP contribution in [0.3, 0.4) is 0 Å². The zero-order chi connectivity index (χ0) is 15.9. The highest BCUT2D eigenvalue weighted by Gasteiger charge is 2.09. The molecule has 0 amide bonds. The van der Waals surface area contributed by atoms with Crippen molar-refractivity contribution < 1.29 is 9.84 Å². The molecule has 22 heavy (non-hydrogen) atoms. The molecule has 0 bridgehead atoms. The molecule has 0 spiro atoms. The fourth-order valence-corrected chi connectivity index (χ4v) is 2.25. The fourth-order valence-electron chi connectivity index (χ4n) is 2.13. The third-order valence-corrected chi connectivity index (χ3v) is 3.96. The summed E-state index contributed by atoms with van der Waals surface area (Å²) in [5.74, 6) is 0.719. The molecule has 2 aromatic carbocycles. The quantitative estimate of drug-likeness (QED) is 0.817. The van der Waals surface area contributed by atoms with E-state index in [-0.39, 0.29) is 12.6 Å². The molecular weight excluding hydrogens is 298 g/mol. The van der Waals surface area contributed by atoms with E-state index in [0.717, 1.165) is 11.3 Å². The molecule has 0 unspecified atom stereocenters. The smallest absolute Gasteiger partial charge is 0.119 e. The van der Waals surface area contributed by atoms with Gasteiger partial charge < -0.3 is 15.2 Å². The van der Waals surface area contributed by atoms with Gasteiger partial charge in [0, 0.05) is 17.6 Å². The first-order valence-corrected chi connectivity index (χ1v) is 7.79. The van der Waals surface area contributed by atoms with Gasteiger partial charge in [-0.25, -0.2) is 0 Å². The molecule has 0 aliphatic carbocycles. The maximum absolute atomic E-state index is 10.0. The standard InChI is InChI=1S/C18H22ClNO2/c1-13-10-17(8-9-18(13)19)22-12-16(21)11-20-14(2)15-6-4-3-5-7-15/h3-10,14,16,20-21H,11-12H2,1-2H3/t14-,16+/m1/s1. The van der Waals surface area contributed by atoms with Gasteiger partial charge in [0.05, 0.1) is 0 Å². The maximum atomic E-state index is 10.0. The van der Waals surface area contributed by atoms with E-state index >= 15 is 0 Å². The van der Waals surface area contributed by atoms with Gasteiger partial charge in [0.1, 0.15) is 18.5 Å². The third-order valence-electron chi connectivity index (χ3n) is 3.53. The molecule has 0 heterocycles. The zero-order valence-corrected chi connectivity index (χ0v) is 13.7. The van der Waals surface area contributed by atoms with Crippen molar-refractivity contribution in [2.24, 2.45) is 0 Å². The number of rotatable bonds is 7. The van der Waals surface area contributed by atoms with Gasteiger partial charge in [0.15, 0.2) is 0 Å². The van der Waals surface area contributed by atoms with Gasteiger partial charge in [-0.1, -0.05) is 41.9 Å². The van der Waals surface area contributed by atoms with Crippen LogP contribution in [0.15, 0.2) is 48.5 Å². The van der Waals surface area contributed by atoms with Crippen LogP contribution >= 0.6 is 11.6 Å². The van der Waals surface area contributed by atoms with E-state index in [0.29, 0.717) is 11.6 Å². The Kier molecular flexibility index (Phi) is 6.25. The lowest BCUT2D eigenvalue weighted by Crippen LogP contribution is -2.33. The summed E-state index contributed by atoms with van der Waals surface area (Å²) in [4.78, 5) is 0. The van der Waals surface area contributed by atoms with Crippen molar-refractivity contribution in [3.63, 3.8) is 0 Å². The first kappa shape index (κ1) is 16.8. The number of hydrogen-bond donors (Lipinski definition) is 2. The van der Waals surface area contributed by atoms with Gasteiger partial charge in [0.2, 0.25) is 0 Å². The monoisotopic (exact) mass is 319 g/mol. The predicted molar refractivity (Wildman–Crippen MR) is 90.6 cm³/mol. The molecule has 0 saturated heterocycles. The van der Waals surface area contributed by atoms with Gasteiger partial charge in [-0.15, -0.1) is 0 Å². The summed E-state index contributed by atoms with van der Waals surface area (Å²) in [6.45, 7) is 4.72. The number of benzene rings is 2. The molecule has 4 heteroatoms. The predicted octanol–water partition coefficient (Wildman–Crippen LogP) is 3.74. The van der Waals surface area contributed by atoms with Gasteiger partial charge >= 0.3 is 0 Å². The first-order valence-electron chi connectivity index (χ1n) is 7.41. The summed E-state index contributed by atoms with van der Waals surface area (Å²) in [6, 6.07) is 15.8. The van der Waals surface area contributed by atoms with Crippen LogP contribution in [0.4, 0.5) is 0 Å². The normalized spacial score (nSPS) is 13.6. The zero-order valence-electron chi connectivity index (χ0n) is 12.9. The minimum Gasteiger partial charge on any atom is -0.491 e. The van der Waals surface area contributed by atoms with Gasteiger partial charge in [-0.2, -0.15) is 0 Å². The Hall–Kier alpha value is -1.55. The molecule has 2 N–H and O–H groups in total. The van der Waals surface area contributed by atoms with Crippen LogP contribution in [-0.4, -0.2) is 24.4 Å². The van der Waals surface area contributed by atoms with Crippen LogP contribution in [0, 0.1) is 6.92 Å². The van der Waals surface area contributed by atoms with Crippen molar-refractivity contribution in [1.29, 1.82) is 0 Å². The summed E-state index contributed by atoms with van der Waals surface area (Å²) < 4.78 is 5.59. The van der Waals surface area contributed by atoms with Crippen molar-refractivity contribution in [2.45, 2.75) is 26.0 Å². The summed E-state index contributed by atoms with van der Waals surface area (Å²) >= 11 is 5.97. The maximum Gasteiger partial charge on any atom is 0.119 e. The topological polar surface area (TPSA) is 41.5 Å². The van der Waals surface area contributed by atoms with E-state index in [9.17, 15) is 5.11 Å². The molecule has 0 aliphatic rings. The van der Waals surface area contributed by atoms with E-state index in [1.165, 1.54) is 5.56 Å². The van der Waals surface area contributed by atoms with E-state index in [1.807, 2.05) is 37.3 Å². The second-order valence-corrected chi connectivity index (χ2v) is 5.82. The second kappa shape index (κ2) is 8.18. The van der Waals surface area contributed by atoms with E-state index in [4.69, 9.17) is 16.3 Å². The molecule has 0 aromatic heterocycles. The Bertz CT molecular complexity index is 589. The molecule has 3 nitrogen and oxygen atoms in total. The van der Waals surface area contributed by atoms with Crippen molar-refractivity contribution in [3.05, 3.63) is 64.7 Å². The number of ether oxygens (including phenoxy) is 1. The van der Waals surface area contributed by atoms with Gasteiger partial charge in [-0.05, 0) is 43.2 Å². The Balaban J connectivity index is 1.76. The number of aryl methyl sites for hydroxylation is 1. The highest BCUT2D eigenvalue weighted by atomic mass is 35.5. The molecule has 0 radical (unpaired) electrons. The minimum atomic E-state index is -0.567. The fraction of sp³-hybridized carbons (Fsp3) is 0.333. The number of nitrogens with one attached hydrogen (secondary N) is 1. The average molecular weight is 320 g/mol. The van der Waals surface area contributed by atoms with Crippen molar-refractivity contribution >= 4 is 11.6 Å². The van der Waals surface area contributed by atoms with Crippen molar-refractivity contribution in [1.82, 2.24) is 5.32 Å². The summed E-state index contributed by atoms with van der Waals surface area (Å²) in [6.07, 6.45) is -0.567. The Morgan fingerprint density at radius 2 is 1.91 bits per heavy atom. The van der Waals surface area contributed by atoms with Crippen LogP contribution in [0.25, 0.3) is 0 Å².